The first-order valence-corrected chi connectivity index (χ1v) is 13.2. The molecule has 2 atom stereocenters. The molecule has 6 rings (SSSR count). The maximum absolute atomic E-state index is 13.9. The minimum atomic E-state index is -4.08. The molecule has 2 fully saturated rings. The summed E-state index contributed by atoms with van der Waals surface area (Å²) >= 11 is 7.62. The Morgan fingerprint density at radius 1 is 1.10 bits per heavy atom. The van der Waals surface area contributed by atoms with Gasteiger partial charge in [0.1, 0.15) is 24.1 Å². The maximum Gasteiger partial charge on any atom is 0.377 e. The molecule has 0 bridgehead atoms. The molecule has 2 saturated heterocycles. The summed E-state index contributed by atoms with van der Waals surface area (Å²) in [5.74, 6) is 0.0364. The van der Waals surface area contributed by atoms with E-state index in [9.17, 15) is 27.2 Å². The van der Waals surface area contributed by atoms with Crippen LogP contribution in [0.4, 0.5) is 33.7 Å². The smallest absolute Gasteiger partial charge is 0.377 e. The number of anilines is 2. The number of nitrogens with zero attached hydrogens (tertiary/aromatic N) is 3. The Morgan fingerprint density at radius 3 is 2.58 bits per heavy atom. The predicted molar refractivity (Wildman–Crippen MR) is 142 cm³/mol. The molecule has 0 saturated carbocycles. The number of fused-ring (bicyclic) bond motifs is 2. The van der Waals surface area contributed by atoms with E-state index in [4.69, 9.17) is 16.3 Å². The van der Waals surface area contributed by atoms with Gasteiger partial charge in [-0.1, -0.05) is 17.7 Å². The molecule has 3 amide bonds. The number of imide groups is 1. The van der Waals surface area contributed by atoms with Gasteiger partial charge in [0.05, 0.1) is 25.0 Å². The zero-order chi connectivity index (χ0) is 28.4. The third-order valence-electron chi connectivity index (χ3n) is 6.68. The lowest BCUT2D eigenvalue weighted by molar-refractivity contribution is -0.380. The highest BCUT2D eigenvalue weighted by atomic mass is 35.5. The number of benzene rings is 2. The van der Waals surface area contributed by atoms with Gasteiger partial charge in [-0.05, 0) is 36.4 Å². The van der Waals surface area contributed by atoms with Crippen LogP contribution in [0.2, 0.25) is 5.02 Å². The number of thioether (sulfide) groups is 1. The number of urea groups is 1. The first kappa shape index (κ1) is 26.7. The third kappa shape index (κ3) is 4.71. The van der Waals surface area contributed by atoms with Gasteiger partial charge in [0.15, 0.2) is 0 Å². The molecule has 2 unspecified atom stereocenters. The van der Waals surface area contributed by atoms with Gasteiger partial charge in [-0.3, -0.25) is 14.5 Å². The Hall–Kier alpha value is -3.55. The van der Waals surface area contributed by atoms with E-state index in [1.165, 1.54) is 49.5 Å². The molecule has 2 aromatic carbocycles. The highest BCUT2D eigenvalue weighted by molar-refractivity contribution is 8.09. The number of halogens is 5. The lowest BCUT2D eigenvalue weighted by Crippen LogP contribution is -2.60. The van der Waals surface area contributed by atoms with Crippen molar-refractivity contribution in [3.63, 3.8) is 0 Å². The quantitative estimate of drug-likeness (QED) is 0.399. The fourth-order valence-electron chi connectivity index (χ4n) is 4.93. The largest absolute Gasteiger partial charge is 0.497 e. The molecular formula is C26H19ClF4N4O4S. The van der Waals surface area contributed by atoms with E-state index in [2.05, 4.69) is 15.0 Å². The van der Waals surface area contributed by atoms with Gasteiger partial charge in [0.2, 0.25) is 0 Å². The van der Waals surface area contributed by atoms with Crippen molar-refractivity contribution in [1.82, 2.24) is 10.3 Å². The summed E-state index contributed by atoms with van der Waals surface area (Å²) in [5, 5.41) is 3.28. The van der Waals surface area contributed by atoms with Gasteiger partial charge < -0.3 is 15.0 Å². The summed E-state index contributed by atoms with van der Waals surface area (Å²) in [4.78, 5) is 33.5. The van der Waals surface area contributed by atoms with Gasteiger partial charge >= 0.3 is 18.2 Å². The molecule has 1 aromatic heterocycles. The van der Waals surface area contributed by atoms with Crippen molar-refractivity contribution in [2.45, 2.75) is 23.5 Å². The normalized spacial score (nSPS) is 23.6. The van der Waals surface area contributed by atoms with E-state index in [0.717, 1.165) is 9.80 Å². The van der Waals surface area contributed by atoms with Crippen molar-refractivity contribution >= 4 is 62.4 Å². The fourth-order valence-corrected chi connectivity index (χ4v) is 6.50. The Morgan fingerprint density at radius 2 is 1.85 bits per heavy atom. The van der Waals surface area contributed by atoms with Crippen LogP contribution in [0, 0.1) is 0 Å². The summed E-state index contributed by atoms with van der Waals surface area (Å²) < 4.78 is 64.4. The summed E-state index contributed by atoms with van der Waals surface area (Å²) in [6.45, 7) is -2.20. The number of pyridine rings is 1. The number of alkyl halides is 4. The number of amides is 3. The molecule has 3 aliphatic rings. The van der Waals surface area contributed by atoms with Crippen LogP contribution in [-0.4, -0.2) is 60.6 Å². The molecule has 3 aliphatic heterocycles. The van der Waals surface area contributed by atoms with E-state index in [1.807, 2.05) is 0 Å². The zero-order valence-electron chi connectivity index (χ0n) is 20.5. The molecular weight excluding hydrogens is 576 g/mol. The van der Waals surface area contributed by atoms with Crippen LogP contribution >= 0.6 is 23.4 Å². The van der Waals surface area contributed by atoms with Crippen molar-refractivity contribution in [3.8, 4) is 5.75 Å². The predicted octanol–water partition coefficient (Wildman–Crippen LogP) is 5.50. The third-order valence-corrected chi connectivity index (χ3v) is 8.37. The molecule has 0 spiro atoms. The highest BCUT2D eigenvalue weighted by Gasteiger charge is 2.52. The first-order chi connectivity index (χ1) is 18.9. The second-order valence-corrected chi connectivity index (χ2v) is 11.0. The van der Waals surface area contributed by atoms with Gasteiger partial charge in [0, 0.05) is 38.1 Å². The molecule has 4 heterocycles. The van der Waals surface area contributed by atoms with Gasteiger partial charge in [-0.25, -0.2) is 9.69 Å². The van der Waals surface area contributed by atoms with E-state index in [1.54, 1.807) is 24.3 Å². The minimum Gasteiger partial charge on any atom is -0.497 e. The van der Waals surface area contributed by atoms with Gasteiger partial charge in [0.25, 0.3) is 5.91 Å². The van der Waals surface area contributed by atoms with Crippen LogP contribution in [0.1, 0.15) is 5.56 Å². The van der Waals surface area contributed by atoms with Crippen molar-refractivity contribution < 1.29 is 36.6 Å². The number of aromatic nitrogens is 1. The average Bonchev–Trinajstić information content (AvgIpc) is 3.31. The number of hydrogen-bond acceptors (Lipinski definition) is 7. The second-order valence-electron chi connectivity index (χ2n) is 9.36. The molecule has 208 valence electrons. The molecule has 14 heteroatoms. The Kier molecular flexibility index (Phi) is 6.35. The maximum atomic E-state index is 13.9. The fraction of sp³-hybridized carbons (Fsp3) is 0.269. The SMILES string of the molecule is COc1ccc(Cl)c(C2=CC3NC(=O)N(c4cncc5ccc(N6CC(F)(F)OC(F)(F)C6)cc45)C(=O)C3S2)c1. The second kappa shape index (κ2) is 9.53. The van der Waals surface area contributed by atoms with E-state index >= 15 is 0 Å². The molecule has 8 nitrogen and oxygen atoms in total. The topological polar surface area (TPSA) is 84.0 Å². The van der Waals surface area contributed by atoms with Gasteiger partial charge in [-0.15, -0.1) is 11.8 Å². The van der Waals surface area contributed by atoms with E-state index < -0.39 is 48.5 Å². The van der Waals surface area contributed by atoms with Crippen LogP contribution in [0.25, 0.3) is 15.7 Å². The van der Waals surface area contributed by atoms with Crippen molar-refractivity contribution in [1.29, 1.82) is 0 Å². The van der Waals surface area contributed by atoms with Crippen molar-refractivity contribution in [2.24, 2.45) is 0 Å². The number of carbonyl (C=O) groups is 2. The van der Waals surface area contributed by atoms with Crippen LogP contribution in [-0.2, 0) is 9.53 Å². The number of methoxy groups -OCH3 is 1. The molecule has 3 aromatic rings. The van der Waals surface area contributed by atoms with E-state index in [0.29, 0.717) is 32.0 Å². The number of hydrogen-bond donors (Lipinski definition) is 1. The zero-order valence-corrected chi connectivity index (χ0v) is 22.1. The minimum absolute atomic E-state index is 0.0391. The lowest BCUT2D eigenvalue weighted by atomic mass is 10.1. The molecule has 1 N–H and O–H groups in total. The summed E-state index contributed by atoms with van der Waals surface area (Å²) in [7, 11) is 1.52. The number of rotatable bonds is 4. The van der Waals surface area contributed by atoms with Crippen LogP contribution in [0.3, 0.4) is 0 Å². The number of nitrogens with one attached hydrogen (secondary N) is 1. The van der Waals surface area contributed by atoms with Gasteiger partial charge in [-0.2, -0.15) is 17.6 Å². The molecule has 0 aliphatic carbocycles. The van der Waals surface area contributed by atoms with E-state index in [-0.39, 0.29) is 11.4 Å². The van der Waals surface area contributed by atoms with Crippen LogP contribution in [0.15, 0.2) is 54.9 Å². The number of carbonyl (C=O) groups excluding carboxylic acids is 2. The molecule has 40 heavy (non-hydrogen) atoms. The van der Waals surface area contributed by atoms with Crippen molar-refractivity contribution in [3.05, 3.63) is 65.5 Å². The lowest BCUT2D eigenvalue weighted by Gasteiger charge is -2.38. The summed E-state index contributed by atoms with van der Waals surface area (Å²) in [6.07, 6.45) is -3.66. The number of ether oxygens (including phenoxy) is 2. The highest BCUT2D eigenvalue weighted by Crippen LogP contribution is 2.46. The van der Waals surface area contributed by atoms with Crippen molar-refractivity contribution in [2.75, 3.05) is 30.0 Å². The Balaban J connectivity index is 1.34. The number of morpholine rings is 1. The summed E-state index contributed by atoms with van der Waals surface area (Å²) in [5.41, 5.74) is 0.766. The Labute approximate surface area is 233 Å². The summed E-state index contributed by atoms with van der Waals surface area (Å²) in [6, 6.07) is 8.03. The standard InChI is InChI=1S/C26H19ClF4N4O4S/c1-38-15-4-5-18(27)17(7-15)21-8-19-22(40-21)23(36)35(24(37)33-19)20-10-32-9-13-2-3-14(6-16(13)20)34-11-25(28,29)39-26(30,31)12-34/h2-10,19,22H,11-12H2,1H3,(H,33,37). The molecule has 0 radical (unpaired) electrons. The van der Waals surface area contributed by atoms with Crippen LogP contribution < -0.4 is 19.9 Å². The van der Waals surface area contributed by atoms with Crippen LogP contribution in [0.5, 0.6) is 5.75 Å². The monoisotopic (exact) mass is 594 g/mol. The Bertz CT molecular complexity index is 1570. The first-order valence-electron chi connectivity index (χ1n) is 11.9. The average molecular weight is 595 g/mol.